The molecular formula is C19H24N4O3. The molecular weight excluding hydrogens is 332 g/mol. The zero-order valence-corrected chi connectivity index (χ0v) is 15.3. The number of nitrogens with zero attached hydrogens (tertiary/aromatic N) is 3. The van der Waals surface area contributed by atoms with E-state index in [1.54, 1.807) is 25.5 Å². The highest BCUT2D eigenvalue weighted by Gasteiger charge is 2.22. The van der Waals surface area contributed by atoms with Gasteiger partial charge in [0.2, 0.25) is 0 Å². The molecule has 0 aromatic carbocycles. The van der Waals surface area contributed by atoms with Crippen molar-refractivity contribution in [3.63, 3.8) is 0 Å². The molecule has 7 heteroatoms. The summed E-state index contributed by atoms with van der Waals surface area (Å²) in [6, 6.07) is 6.87. The zero-order valence-electron chi connectivity index (χ0n) is 15.3. The van der Waals surface area contributed by atoms with E-state index in [1.165, 1.54) is 10.6 Å². The minimum absolute atomic E-state index is 0.179. The maximum Gasteiger partial charge on any atom is 0.251 e. The number of hydrogen-bond donors (Lipinski definition) is 1. The van der Waals surface area contributed by atoms with Gasteiger partial charge in [-0.3, -0.25) is 9.59 Å². The third-order valence-electron chi connectivity index (χ3n) is 4.37. The van der Waals surface area contributed by atoms with Crippen LogP contribution in [0.15, 0.2) is 41.5 Å². The summed E-state index contributed by atoms with van der Waals surface area (Å²) in [4.78, 5) is 30.5. The molecule has 138 valence electrons. The van der Waals surface area contributed by atoms with Gasteiger partial charge in [0.05, 0.1) is 12.2 Å². The minimum Gasteiger partial charge on any atom is -0.372 e. The number of morpholine rings is 1. The number of carbonyl (C=O) groups is 1. The molecule has 0 saturated carbocycles. The van der Waals surface area contributed by atoms with E-state index in [4.69, 9.17) is 4.74 Å². The Bertz CT molecular complexity index is 821. The van der Waals surface area contributed by atoms with E-state index in [2.05, 4.69) is 29.0 Å². The molecule has 2 aromatic heterocycles. The Hall–Kier alpha value is -2.67. The second kappa shape index (κ2) is 7.70. The van der Waals surface area contributed by atoms with Gasteiger partial charge < -0.3 is 19.5 Å². The van der Waals surface area contributed by atoms with Crippen LogP contribution < -0.4 is 15.8 Å². The van der Waals surface area contributed by atoms with Gasteiger partial charge in [-0.25, -0.2) is 4.98 Å². The number of aryl methyl sites for hydroxylation is 1. The lowest BCUT2D eigenvalue weighted by atomic mass is 10.2. The van der Waals surface area contributed by atoms with E-state index in [0.717, 1.165) is 24.5 Å². The summed E-state index contributed by atoms with van der Waals surface area (Å²) in [5, 5.41) is 2.81. The van der Waals surface area contributed by atoms with Crippen molar-refractivity contribution in [1.29, 1.82) is 0 Å². The average Bonchev–Trinajstić information content (AvgIpc) is 2.61. The van der Waals surface area contributed by atoms with Crippen LogP contribution in [0.25, 0.3) is 0 Å². The van der Waals surface area contributed by atoms with E-state index < -0.39 is 0 Å². The van der Waals surface area contributed by atoms with Gasteiger partial charge in [0.1, 0.15) is 5.82 Å². The SMILES string of the molecule is CC1CN(c2ccc(CNC(=O)c3ccn(C)c(=O)c3)cn2)CC(C)O1. The van der Waals surface area contributed by atoms with Gasteiger partial charge in [0.25, 0.3) is 11.5 Å². The van der Waals surface area contributed by atoms with Crippen LogP contribution in [0.3, 0.4) is 0 Å². The van der Waals surface area contributed by atoms with Crippen LogP contribution in [0.4, 0.5) is 5.82 Å². The number of amides is 1. The van der Waals surface area contributed by atoms with Gasteiger partial charge in [-0.05, 0) is 31.5 Å². The number of ether oxygens (including phenoxy) is 1. The van der Waals surface area contributed by atoms with Crippen molar-refractivity contribution in [1.82, 2.24) is 14.9 Å². The molecule has 2 atom stereocenters. The number of pyridine rings is 2. The number of rotatable bonds is 4. The number of hydrogen-bond acceptors (Lipinski definition) is 5. The number of carbonyl (C=O) groups excluding carboxylic acids is 1. The van der Waals surface area contributed by atoms with Gasteiger partial charge in [0.15, 0.2) is 0 Å². The fourth-order valence-corrected chi connectivity index (χ4v) is 3.05. The average molecular weight is 356 g/mol. The molecule has 0 bridgehead atoms. The maximum atomic E-state index is 12.2. The van der Waals surface area contributed by atoms with Crippen LogP contribution in [-0.2, 0) is 18.3 Å². The van der Waals surface area contributed by atoms with Gasteiger partial charge >= 0.3 is 0 Å². The Balaban J connectivity index is 1.59. The number of anilines is 1. The van der Waals surface area contributed by atoms with Gasteiger partial charge in [0, 0.05) is 50.7 Å². The van der Waals surface area contributed by atoms with Crippen LogP contribution in [0.5, 0.6) is 0 Å². The van der Waals surface area contributed by atoms with Gasteiger partial charge in [-0.15, -0.1) is 0 Å². The highest BCUT2D eigenvalue weighted by Crippen LogP contribution is 2.18. The fourth-order valence-electron chi connectivity index (χ4n) is 3.05. The van der Waals surface area contributed by atoms with Crippen LogP contribution in [0.2, 0.25) is 0 Å². The van der Waals surface area contributed by atoms with E-state index in [0.29, 0.717) is 12.1 Å². The summed E-state index contributed by atoms with van der Waals surface area (Å²) < 4.78 is 7.17. The lowest BCUT2D eigenvalue weighted by molar-refractivity contribution is -0.00546. The highest BCUT2D eigenvalue weighted by atomic mass is 16.5. The quantitative estimate of drug-likeness (QED) is 0.894. The number of aromatic nitrogens is 2. The first kappa shape index (κ1) is 18.1. The molecule has 1 N–H and O–H groups in total. The molecule has 0 aliphatic carbocycles. The highest BCUT2D eigenvalue weighted by molar-refractivity contribution is 5.93. The molecule has 1 aliphatic rings. The Morgan fingerprint density at radius 1 is 1.27 bits per heavy atom. The molecule has 3 rings (SSSR count). The predicted octanol–water partition coefficient (Wildman–Crippen LogP) is 1.32. The lowest BCUT2D eigenvalue weighted by Gasteiger charge is -2.36. The Morgan fingerprint density at radius 2 is 2.00 bits per heavy atom. The van der Waals surface area contributed by atoms with Crippen molar-refractivity contribution in [2.24, 2.45) is 7.05 Å². The van der Waals surface area contributed by atoms with E-state index in [-0.39, 0.29) is 23.7 Å². The topological polar surface area (TPSA) is 76.5 Å². The lowest BCUT2D eigenvalue weighted by Crippen LogP contribution is -2.45. The zero-order chi connectivity index (χ0) is 18.7. The van der Waals surface area contributed by atoms with Crippen LogP contribution in [-0.4, -0.2) is 40.8 Å². The van der Waals surface area contributed by atoms with Crippen LogP contribution in [0.1, 0.15) is 29.8 Å². The van der Waals surface area contributed by atoms with Crippen molar-refractivity contribution in [3.05, 3.63) is 58.1 Å². The van der Waals surface area contributed by atoms with Crippen LogP contribution in [0, 0.1) is 0 Å². The first-order valence-electron chi connectivity index (χ1n) is 8.72. The molecule has 1 saturated heterocycles. The Kier molecular flexibility index (Phi) is 5.37. The molecule has 1 fully saturated rings. The van der Waals surface area contributed by atoms with E-state index in [1.807, 2.05) is 12.1 Å². The van der Waals surface area contributed by atoms with E-state index >= 15 is 0 Å². The Labute approximate surface area is 152 Å². The Morgan fingerprint density at radius 3 is 2.62 bits per heavy atom. The summed E-state index contributed by atoms with van der Waals surface area (Å²) in [5.41, 5.74) is 1.05. The molecule has 2 aromatic rings. The van der Waals surface area contributed by atoms with Gasteiger partial charge in [-0.2, -0.15) is 0 Å². The predicted molar refractivity (Wildman–Crippen MR) is 99.3 cm³/mol. The van der Waals surface area contributed by atoms with Crippen molar-refractivity contribution >= 4 is 11.7 Å². The first-order chi connectivity index (χ1) is 12.4. The molecule has 1 aliphatic heterocycles. The minimum atomic E-state index is -0.275. The largest absolute Gasteiger partial charge is 0.372 e. The molecule has 1 amide bonds. The first-order valence-corrected chi connectivity index (χ1v) is 8.72. The van der Waals surface area contributed by atoms with Crippen molar-refractivity contribution in [3.8, 4) is 0 Å². The molecule has 0 spiro atoms. The summed E-state index contributed by atoms with van der Waals surface area (Å²) in [6.07, 6.45) is 3.71. The molecule has 7 nitrogen and oxygen atoms in total. The second-order valence-electron chi connectivity index (χ2n) is 6.73. The normalized spacial score (nSPS) is 20.0. The summed E-state index contributed by atoms with van der Waals surface area (Å²) in [7, 11) is 1.65. The maximum absolute atomic E-state index is 12.2. The van der Waals surface area contributed by atoms with Gasteiger partial charge in [-0.1, -0.05) is 6.07 Å². The monoisotopic (exact) mass is 356 g/mol. The third-order valence-corrected chi connectivity index (χ3v) is 4.37. The summed E-state index contributed by atoms with van der Waals surface area (Å²) in [5.74, 6) is 0.635. The van der Waals surface area contributed by atoms with Crippen molar-refractivity contribution in [2.75, 3.05) is 18.0 Å². The fraction of sp³-hybridized carbons (Fsp3) is 0.421. The summed E-state index contributed by atoms with van der Waals surface area (Å²) in [6.45, 7) is 6.11. The van der Waals surface area contributed by atoms with Crippen molar-refractivity contribution < 1.29 is 9.53 Å². The standard InChI is InChI=1S/C19H24N4O3/c1-13-11-23(12-14(2)26-13)17-5-4-15(9-20-17)10-21-19(25)16-6-7-22(3)18(24)8-16/h4-9,13-14H,10-12H2,1-3H3,(H,21,25). The van der Waals surface area contributed by atoms with Crippen LogP contribution >= 0.6 is 0 Å². The summed E-state index contributed by atoms with van der Waals surface area (Å²) >= 11 is 0. The molecule has 2 unspecified atom stereocenters. The smallest absolute Gasteiger partial charge is 0.251 e. The number of nitrogens with one attached hydrogen (secondary N) is 1. The molecule has 26 heavy (non-hydrogen) atoms. The third kappa shape index (κ3) is 4.29. The molecule has 0 radical (unpaired) electrons. The molecule has 3 heterocycles. The second-order valence-corrected chi connectivity index (χ2v) is 6.73. The van der Waals surface area contributed by atoms with E-state index in [9.17, 15) is 9.59 Å². The van der Waals surface area contributed by atoms with Crippen molar-refractivity contribution in [2.45, 2.75) is 32.6 Å².